The number of aromatic nitrogens is 4. The molecule has 0 amide bonds. The van der Waals surface area contributed by atoms with Crippen molar-refractivity contribution in [2.45, 2.75) is 6.92 Å². The summed E-state index contributed by atoms with van der Waals surface area (Å²) in [5.74, 6) is 1.62. The molecule has 7 nitrogen and oxygen atoms in total. The summed E-state index contributed by atoms with van der Waals surface area (Å²) < 4.78 is 5.77. The van der Waals surface area contributed by atoms with Crippen LogP contribution in [-0.2, 0) is 0 Å². The third-order valence-electron chi connectivity index (χ3n) is 4.48. The largest absolute Gasteiger partial charge is 0.455 e. The Labute approximate surface area is 170 Å². The molecule has 142 valence electrons. The Hall–Kier alpha value is -3.71. The van der Waals surface area contributed by atoms with Crippen LogP contribution in [0.1, 0.15) is 11.3 Å². The number of fused-ring (bicyclic) bond motifs is 3. The van der Waals surface area contributed by atoms with Crippen molar-refractivity contribution in [3.05, 3.63) is 70.9 Å². The summed E-state index contributed by atoms with van der Waals surface area (Å²) in [5, 5.41) is 14.2. The summed E-state index contributed by atoms with van der Waals surface area (Å²) in [5.41, 5.74) is 7.24. The number of H-pyrrole nitrogens is 1. The fraction of sp³-hybridized carbons (Fsp3) is 0.0476. The molecular formula is C21H15ClN6O. The highest BCUT2D eigenvalue weighted by molar-refractivity contribution is 6.30. The predicted octanol–water partition coefficient (Wildman–Crippen LogP) is 5.17. The number of rotatable bonds is 4. The van der Waals surface area contributed by atoms with Crippen molar-refractivity contribution in [3.8, 4) is 11.3 Å². The maximum Gasteiger partial charge on any atom is 0.265 e. The summed E-state index contributed by atoms with van der Waals surface area (Å²) >= 11 is 5.92. The number of furan rings is 1. The minimum absolute atomic E-state index is 0.293. The Morgan fingerprint density at radius 1 is 1.07 bits per heavy atom. The highest BCUT2D eigenvalue weighted by Gasteiger charge is 2.09. The van der Waals surface area contributed by atoms with Gasteiger partial charge in [-0.2, -0.15) is 10.1 Å². The third kappa shape index (κ3) is 3.43. The van der Waals surface area contributed by atoms with Crippen LogP contribution in [0.2, 0.25) is 5.02 Å². The van der Waals surface area contributed by atoms with E-state index in [-0.39, 0.29) is 0 Å². The monoisotopic (exact) mass is 402 g/mol. The molecule has 0 fully saturated rings. The maximum absolute atomic E-state index is 5.92. The number of aryl methyl sites for hydroxylation is 1. The van der Waals surface area contributed by atoms with Crippen LogP contribution in [0.3, 0.4) is 0 Å². The number of hydrogen-bond acceptors (Lipinski definition) is 6. The van der Waals surface area contributed by atoms with Gasteiger partial charge in [0.25, 0.3) is 5.95 Å². The highest BCUT2D eigenvalue weighted by atomic mass is 35.5. The summed E-state index contributed by atoms with van der Waals surface area (Å²) in [6.07, 6.45) is 1.56. The van der Waals surface area contributed by atoms with Crippen molar-refractivity contribution in [3.63, 3.8) is 0 Å². The standard InChI is InChI=1S/C21H15ClN6O/c1-12-2-8-17-16(10-12)19-20(24-17)25-21(28-26-19)27-23-11-15-7-9-18(29-15)13-3-5-14(22)6-4-13/h2-11H,1H3,(H2,24,25,27,28). The average Bonchev–Trinajstić information content (AvgIpc) is 3.33. The summed E-state index contributed by atoms with van der Waals surface area (Å²) in [6.45, 7) is 2.04. The normalized spacial score (nSPS) is 11.7. The highest BCUT2D eigenvalue weighted by Crippen LogP contribution is 2.24. The molecule has 0 saturated heterocycles. The average molecular weight is 403 g/mol. The van der Waals surface area contributed by atoms with Gasteiger partial charge in [0, 0.05) is 21.5 Å². The molecule has 0 spiro atoms. The van der Waals surface area contributed by atoms with E-state index in [2.05, 4.69) is 36.8 Å². The quantitative estimate of drug-likeness (QED) is 0.319. The fourth-order valence-corrected chi connectivity index (χ4v) is 3.20. The van der Waals surface area contributed by atoms with Gasteiger partial charge >= 0.3 is 0 Å². The van der Waals surface area contributed by atoms with Crippen molar-refractivity contribution in [2.75, 3.05) is 5.43 Å². The Kier molecular flexibility index (Phi) is 4.22. The van der Waals surface area contributed by atoms with E-state index >= 15 is 0 Å². The van der Waals surface area contributed by atoms with Crippen LogP contribution in [0.4, 0.5) is 5.95 Å². The van der Waals surface area contributed by atoms with Crippen molar-refractivity contribution in [2.24, 2.45) is 5.10 Å². The molecule has 2 N–H and O–H groups in total. The SMILES string of the molecule is Cc1ccc2[nH]c3nc(NN=Cc4ccc(-c5ccc(Cl)cc5)o4)nnc3c2c1. The summed E-state index contributed by atoms with van der Waals surface area (Å²) in [7, 11) is 0. The molecule has 3 aromatic heterocycles. The van der Waals surface area contributed by atoms with Crippen molar-refractivity contribution in [1.82, 2.24) is 20.2 Å². The first-order valence-corrected chi connectivity index (χ1v) is 9.31. The van der Waals surface area contributed by atoms with Crippen LogP contribution in [-0.4, -0.2) is 26.4 Å². The number of nitrogens with one attached hydrogen (secondary N) is 2. The van der Waals surface area contributed by atoms with Gasteiger partial charge in [-0.25, -0.2) is 5.43 Å². The van der Waals surface area contributed by atoms with Crippen LogP contribution in [0.25, 0.3) is 33.4 Å². The third-order valence-corrected chi connectivity index (χ3v) is 4.73. The van der Waals surface area contributed by atoms with E-state index in [4.69, 9.17) is 16.0 Å². The minimum Gasteiger partial charge on any atom is -0.455 e. The van der Waals surface area contributed by atoms with E-state index in [0.717, 1.165) is 33.3 Å². The number of hydrogen-bond donors (Lipinski definition) is 2. The van der Waals surface area contributed by atoms with Crippen LogP contribution < -0.4 is 5.43 Å². The fourth-order valence-electron chi connectivity index (χ4n) is 3.08. The van der Waals surface area contributed by atoms with Crippen LogP contribution >= 0.6 is 11.6 Å². The molecular weight excluding hydrogens is 388 g/mol. The van der Waals surface area contributed by atoms with Crippen molar-refractivity contribution < 1.29 is 4.42 Å². The zero-order chi connectivity index (χ0) is 19.8. The zero-order valence-electron chi connectivity index (χ0n) is 15.3. The van der Waals surface area contributed by atoms with Gasteiger partial charge in [0.1, 0.15) is 17.0 Å². The molecule has 29 heavy (non-hydrogen) atoms. The van der Waals surface area contributed by atoms with E-state index in [1.165, 1.54) is 0 Å². The van der Waals surface area contributed by atoms with Gasteiger partial charge in [-0.3, -0.25) is 0 Å². The Balaban J connectivity index is 1.34. The van der Waals surface area contributed by atoms with Crippen LogP contribution in [0.5, 0.6) is 0 Å². The minimum atomic E-state index is 0.293. The molecule has 2 aromatic carbocycles. The number of aromatic amines is 1. The van der Waals surface area contributed by atoms with Crippen molar-refractivity contribution in [1.29, 1.82) is 0 Å². The van der Waals surface area contributed by atoms with Crippen LogP contribution in [0.15, 0.2) is 64.1 Å². The zero-order valence-corrected chi connectivity index (χ0v) is 16.1. The first-order chi connectivity index (χ1) is 14.2. The molecule has 0 aliphatic heterocycles. The maximum atomic E-state index is 5.92. The van der Waals surface area contributed by atoms with Gasteiger partial charge in [-0.05, 0) is 55.5 Å². The second-order valence-corrected chi connectivity index (χ2v) is 7.02. The molecule has 0 unspecified atom stereocenters. The number of anilines is 1. The molecule has 0 aliphatic carbocycles. The Morgan fingerprint density at radius 2 is 1.93 bits per heavy atom. The molecule has 5 rings (SSSR count). The van der Waals surface area contributed by atoms with Crippen molar-refractivity contribution >= 4 is 45.8 Å². The lowest BCUT2D eigenvalue weighted by Gasteiger charge is -1.97. The van der Waals surface area contributed by atoms with Gasteiger partial charge in [0.15, 0.2) is 5.65 Å². The van der Waals surface area contributed by atoms with Gasteiger partial charge in [-0.1, -0.05) is 23.2 Å². The number of halogens is 1. The van der Waals surface area contributed by atoms with Crippen LogP contribution in [0, 0.1) is 6.92 Å². The van der Waals surface area contributed by atoms with E-state index in [9.17, 15) is 0 Å². The Bertz CT molecular complexity index is 1350. The van der Waals surface area contributed by atoms with Gasteiger partial charge in [0.05, 0.1) is 6.21 Å². The molecule has 0 saturated carbocycles. The van der Waals surface area contributed by atoms with E-state index in [0.29, 0.717) is 22.4 Å². The molecule has 3 heterocycles. The van der Waals surface area contributed by atoms with E-state index in [1.54, 1.807) is 6.21 Å². The second-order valence-electron chi connectivity index (χ2n) is 6.59. The first kappa shape index (κ1) is 17.4. The van der Waals surface area contributed by atoms with E-state index < -0.39 is 0 Å². The van der Waals surface area contributed by atoms with Gasteiger partial charge in [-0.15, -0.1) is 10.2 Å². The molecule has 5 aromatic rings. The smallest absolute Gasteiger partial charge is 0.265 e. The second kappa shape index (κ2) is 7.03. The summed E-state index contributed by atoms with van der Waals surface area (Å²) in [6, 6.07) is 17.3. The molecule has 0 aliphatic rings. The lowest BCUT2D eigenvalue weighted by Crippen LogP contribution is -1.98. The molecule has 0 bridgehead atoms. The number of hydrazone groups is 1. The molecule has 0 radical (unpaired) electrons. The topological polar surface area (TPSA) is 92.0 Å². The molecule has 0 atom stereocenters. The first-order valence-electron chi connectivity index (χ1n) is 8.93. The van der Waals surface area contributed by atoms with E-state index in [1.807, 2.05) is 55.5 Å². The molecule has 8 heteroatoms. The summed E-state index contributed by atoms with van der Waals surface area (Å²) in [4.78, 5) is 7.68. The number of benzene rings is 2. The predicted molar refractivity (Wildman–Crippen MR) is 114 cm³/mol. The Morgan fingerprint density at radius 3 is 2.79 bits per heavy atom. The van der Waals surface area contributed by atoms with Gasteiger partial charge in [0.2, 0.25) is 0 Å². The van der Waals surface area contributed by atoms with Gasteiger partial charge < -0.3 is 9.40 Å². The lowest BCUT2D eigenvalue weighted by atomic mass is 10.2. The number of nitrogens with zero attached hydrogens (tertiary/aromatic N) is 4. The lowest BCUT2D eigenvalue weighted by molar-refractivity contribution is 0.575.